The van der Waals surface area contributed by atoms with E-state index < -0.39 is 0 Å². The van der Waals surface area contributed by atoms with Crippen molar-refractivity contribution in [2.45, 2.75) is 0 Å². The Kier molecular flexibility index (Phi) is 5.46. The molecule has 0 amide bonds. The average molecular weight is 418 g/mol. The van der Waals surface area contributed by atoms with E-state index in [4.69, 9.17) is 23.2 Å². The molecule has 0 fully saturated rings. The highest BCUT2D eigenvalue weighted by Crippen LogP contribution is 2.23. The monoisotopic (exact) mass is 417 g/mol. The third kappa shape index (κ3) is 3.98. The molecule has 2 aromatic rings. The molecule has 0 saturated heterocycles. The van der Waals surface area contributed by atoms with Gasteiger partial charge in [0.25, 0.3) is 0 Å². The first-order valence-electron chi connectivity index (χ1n) is 5.75. The van der Waals surface area contributed by atoms with Crippen LogP contribution in [0.2, 0.25) is 10.0 Å². The van der Waals surface area contributed by atoms with Crippen molar-refractivity contribution in [2.24, 2.45) is 0 Å². The fourth-order valence-corrected chi connectivity index (χ4v) is 2.37. The summed E-state index contributed by atoms with van der Waals surface area (Å²) in [5, 5.41) is 3.88. The van der Waals surface area contributed by atoms with Crippen molar-refractivity contribution in [2.75, 3.05) is 5.32 Å². The summed E-state index contributed by atoms with van der Waals surface area (Å²) in [6.07, 6.45) is 3.07. The van der Waals surface area contributed by atoms with Crippen molar-refractivity contribution in [3.63, 3.8) is 0 Å². The van der Waals surface area contributed by atoms with Gasteiger partial charge in [0, 0.05) is 21.4 Å². The summed E-state index contributed by atoms with van der Waals surface area (Å²) in [6.45, 7) is 0. The zero-order chi connectivity index (χ0) is 14.5. The van der Waals surface area contributed by atoms with Gasteiger partial charge in [0.1, 0.15) is 0 Å². The van der Waals surface area contributed by atoms with Crippen molar-refractivity contribution in [3.8, 4) is 0 Å². The van der Waals surface area contributed by atoms with Crippen LogP contribution in [-0.4, -0.2) is 5.78 Å². The molecule has 5 heteroatoms. The number of hydrogen-bond acceptors (Lipinski definition) is 2. The lowest BCUT2D eigenvalue weighted by atomic mass is 10.1. The van der Waals surface area contributed by atoms with Crippen LogP contribution in [0.25, 0.3) is 0 Å². The average Bonchev–Trinajstić information content (AvgIpc) is 2.44. The fourth-order valence-electron chi connectivity index (χ4n) is 1.53. The van der Waals surface area contributed by atoms with Crippen LogP contribution >= 0.6 is 45.8 Å². The van der Waals surface area contributed by atoms with E-state index in [2.05, 4.69) is 27.9 Å². The van der Waals surface area contributed by atoms with E-state index in [1.165, 1.54) is 6.08 Å². The quantitative estimate of drug-likeness (QED) is 0.409. The number of para-hydroxylation sites is 1. The molecule has 0 bridgehead atoms. The molecule has 1 N–H and O–H groups in total. The van der Waals surface area contributed by atoms with Crippen molar-refractivity contribution in [1.82, 2.24) is 0 Å². The van der Waals surface area contributed by atoms with Gasteiger partial charge in [0.15, 0.2) is 5.78 Å². The van der Waals surface area contributed by atoms with E-state index in [-0.39, 0.29) is 5.78 Å². The Morgan fingerprint density at radius 2 is 1.85 bits per heavy atom. The topological polar surface area (TPSA) is 29.1 Å². The van der Waals surface area contributed by atoms with E-state index in [0.717, 1.165) is 9.26 Å². The largest absolute Gasteiger partial charge is 0.361 e. The number of allylic oxidation sites excluding steroid dienone is 1. The maximum atomic E-state index is 12.0. The van der Waals surface area contributed by atoms with Crippen molar-refractivity contribution >= 4 is 57.3 Å². The summed E-state index contributed by atoms with van der Waals surface area (Å²) in [7, 11) is 0. The second kappa shape index (κ2) is 7.11. The molecule has 0 unspecified atom stereocenters. The lowest BCUT2D eigenvalue weighted by Gasteiger charge is -2.03. The molecule has 0 aliphatic carbocycles. The molecule has 20 heavy (non-hydrogen) atoms. The molecule has 102 valence electrons. The number of carbonyl (C=O) groups is 1. The number of rotatable bonds is 4. The normalized spacial score (nSPS) is 10.8. The zero-order valence-corrected chi connectivity index (χ0v) is 13.9. The lowest BCUT2D eigenvalue weighted by Crippen LogP contribution is -1.97. The van der Waals surface area contributed by atoms with Gasteiger partial charge >= 0.3 is 0 Å². The van der Waals surface area contributed by atoms with Gasteiger partial charge in [-0.1, -0.05) is 35.3 Å². The van der Waals surface area contributed by atoms with Crippen LogP contribution in [0.5, 0.6) is 0 Å². The molecule has 0 radical (unpaired) electrons. The Morgan fingerprint density at radius 3 is 2.55 bits per heavy atom. The standard InChI is InChI=1S/C15H10Cl2INO/c16-11-6-5-10(9-12(11)17)15(20)7-8-19-14-4-2-1-3-13(14)18/h1-9,19H/b8-7-. The molecule has 0 atom stereocenters. The van der Waals surface area contributed by atoms with E-state index in [9.17, 15) is 4.79 Å². The van der Waals surface area contributed by atoms with Crippen LogP contribution in [0.1, 0.15) is 10.4 Å². The first-order chi connectivity index (χ1) is 9.58. The minimum Gasteiger partial charge on any atom is -0.361 e. The molecule has 0 saturated carbocycles. The first kappa shape index (κ1) is 15.4. The van der Waals surface area contributed by atoms with Gasteiger partial charge in [0.2, 0.25) is 0 Å². The van der Waals surface area contributed by atoms with Crippen molar-refractivity contribution < 1.29 is 4.79 Å². The van der Waals surface area contributed by atoms with Crippen LogP contribution < -0.4 is 5.32 Å². The Morgan fingerprint density at radius 1 is 1.10 bits per heavy atom. The highest BCUT2D eigenvalue weighted by molar-refractivity contribution is 14.1. The summed E-state index contributed by atoms with van der Waals surface area (Å²) in [4.78, 5) is 12.0. The summed E-state index contributed by atoms with van der Waals surface area (Å²) >= 11 is 13.9. The summed E-state index contributed by atoms with van der Waals surface area (Å²) in [6, 6.07) is 12.6. The van der Waals surface area contributed by atoms with Gasteiger partial charge in [-0.2, -0.15) is 0 Å². The molecule has 2 nitrogen and oxygen atoms in total. The Hall–Kier alpha value is -1.04. The third-order valence-electron chi connectivity index (χ3n) is 2.55. The molecule has 0 aromatic heterocycles. The number of nitrogens with one attached hydrogen (secondary N) is 1. The maximum Gasteiger partial charge on any atom is 0.187 e. The summed E-state index contributed by atoms with van der Waals surface area (Å²) in [5.41, 5.74) is 1.45. The number of halogens is 3. The van der Waals surface area contributed by atoms with Crippen LogP contribution in [0.15, 0.2) is 54.7 Å². The minimum atomic E-state index is -0.137. The molecular weight excluding hydrogens is 408 g/mol. The van der Waals surface area contributed by atoms with Crippen molar-refractivity contribution in [1.29, 1.82) is 0 Å². The highest BCUT2D eigenvalue weighted by Gasteiger charge is 2.05. The molecule has 0 heterocycles. The number of benzene rings is 2. The zero-order valence-electron chi connectivity index (χ0n) is 10.2. The maximum absolute atomic E-state index is 12.0. The molecule has 2 aromatic carbocycles. The molecular formula is C15H10Cl2INO. The number of hydrogen-bond donors (Lipinski definition) is 1. The SMILES string of the molecule is O=C(/C=C\Nc1ccccc1I)c1ccc(Cl)c(Cl)c1. The highest BCUT2D eigenvalue weighted by atomic mass is 127. The second-order valence-corrected chi connectivity index (χ2v) is 5.93. The Labute approximate surface area is 140 Å². The Balaban J connectivity index is 2.06. The van der Waals surface area contributed by atoms with Crippen LogP contribution in [-0.2, 0) is 0 Å². The van der Waals surface area contributed by atoms with E-state index >= 15 is 0 Å². The smallest absolute Gasteiger partial charge is 0.187 e. The predicted octanol–water partition coefficient (Wildman–Crippen LogP) is 5.41. The second-order valence-electron chi connectivity index (χ2n) is 3.95. The van der Waals surface area contributed by atoms with E-state index in [0.29, 0.717) is 15.6 Å². The predicted molar refractivity (Wildman–Crippen MR) is 92.7 cm³/mol. The van der Waals surface area contributed by atoms with Gasteiger partial charge in [0.05, 0.1) is 15.7 Å². The van der Waals surface area contributed by atoms with Gasteiger partial charge in [-0.25, -0.2) is 0 Å². The van der Waals surface area contributed by atoms with Gasteiger partial charge in [-0.3, -0.25) is 4.79 Å². The van der Waals surface area contributed by atoms with E-state index in [1.807, 2.05) is 24.3 Å². The number of carbonyl (C=O) groups excluding carboxylic acids is 1. The molecule has 2 rings (SSSR count). The van der Waals surface area contributed by atoms with Crippen LogP contribution in [0.3, 0.4) is 0 Å². The molecule has 0 spiro atoms. The van der Waals surface area contributed by atoms with Crippen LogP contribution in [0, 0.1) is 3.57 Å². The van der Waals surface area contributed by atoms with Crippen LogP contribution in [0.4, 0.5) is 5.69 Å². The lowest BCUT2D eigenvalue weighted by molar-refractivity contribution is 0.104. The third-order valence-corrected chi connectivity index (χ3v) is 4.23. The van der Waals surface area contributed by atoms with Gasteiger partial charge < -0.3 is 5.32 Å². The van der Waals surface area contributed by atoms with Gasteiger partial charge in [-0.15, -0.1) is 0 Å². The van der Waals surface area contributed by atoms with Crippen molar-refractivity contribution in [3.05, 3.63) is 73.9 Å². The van der Waals surface area contributed by atoms with Gasteiger partial charge in [-0.05, 0) is 52.9 Å². The first-order valence-corrected chi connectivity index (χ1v) is 7.58. The number of ketones is 1. The summed E-state index contributed by atoms with van der Waals surface area (Å²) in [5.74, 6) is -0.137. The van der Waals surface area contributed by atoms with E-state index in [1.54, 1.807) is 24.4 Å². The fraction of sp³-hybridized carbons (Fsp3) is 0. The minimum absolute atomic E-state index is 0.137. The molecule has 0 aliphatic rings. The Bertz CT molecular complexity index is 671. The number of anilines is 1. The molecule has 0 aliphatic heterocycles. The summed E-state index contributed by atoms with van der Waals surface area (Å²) < 4.78 is 1.08.